The van der Waals surface area contributed by atoms with Crippen molar-refractivity contribution in [2.45, 2.75) is 33.2 Å². The number of benzene rings is 1. The summed E-state index contributed by atoms with van der Waals surface area (Å²) in [4.78, 5) is 17.1. The summed E-state index contributed by atoms with van der Waals surface area (Å²) in [5.41, 5.74) is 0.653. The Morgan fingerprint density at radius 3 is 2.71 bits per heavy atom. The van der Waals surface area contributed by atoms with E-state index in [4.69, 9.17) is 11.6 Å². The minimum absolute atomic E-state index is 0.0178. The van der Waals surface area contributed by atoms with Crippen LogP contribution in [-0.2, 0) is 7.05 Å². The summed E-state index contributed by atoms with van der Waals surface area (Å²) in [6.45, 7) is 7.54. The number of rotatable bonds is 5. The number of nitrogens with zero attached hydrogens (tertiary/aromatic N) is 2. The lowest BCUT2D eigenvalue weighted by atomic mass is 10.1. The van der Waals surface area contributed by atoms with Gasteiger partial charge in [0.1, 0.15) is 6.04 Å². The van der Waals surface area contributed by atoms with Gasteiger partial charge in [-0.15, -0.1) is 0 Å². The van der Waals surface area contributed by atoms with Gasteiger partial charge < -0.3 is 5.32 Å². The minimum atomic E-state index is -0.0178. The van der Waals surface area contributed by atoms with Crippen molar-refractivity contribution in [3.63, 3.8) is 0 Å². The first-order valence-electron chi connectivity index (χ1n) is 7.39. The molecule has 1 aromatic heterocycles. The molecule has 2 rings (SSSR count). The van der Waals surface area contributed by atoms with E-state index in [1.165, 1.54) is 0 Å². The maximum atomic E-state index is 12.4. The summed E-state index contributed by atoms with van der Waals surface area (Å²) < 4.78 is 1.65. The molecule has 2 aromatic rings. The zero-order chi connectivity index (χ0) is 15.6. The van der Waals surface area contributed by atoms with Crippen LogP contribution in [0.15, 0.2) is 23.0 Å². The highest BCUT2D eigenvalue weighted by Crippen LogP contribution is 2.16. The molecule has 0 aliphatic carbocycles. The lowest BCUT2D eigenvalue weighted by molar-refractivity contribution is -0.694. The van der Waals surface area contributed by atoms with Crippen LogP contribution in [0.1, 0.15) is 39.1 Å². The van der Waals surface area contributed by atoms with Crippen LogP contribution in [0.5, 0.6) is 0 Å². The highest BCUT2D eigenvalue weighted by molar-refractivity contribution is 6.31. The molecular weight excluding hydrogens is 286 g/mol. The van der Waals surface area contributed by atoms with Crippen molar-refractivity contribution in [1.82, 2.24) is 9.55 Å². The van der Waals surface area contributed by atoms with E-state index < -0.39 is 0 Å². The average Bonchev–Trinajstić information content (AvgIpc) is 2.42. The molecule has 0 bridgehead atoms. The zero-order valence-corrected chi connectivity index (χ0v) is 13.8. The molecule has 0 radical (unpaired) electrons. The third-order valence-corrected chi connectivity index (χ3v) is 3.98. The van der Waals surface area contributed by atoms with E-state index in [1.54, 1.807) is 29.8 Å². The predicted molar refractivity (Wildman–Crippen MR) is 86.7 cm³/mol. The van der Waals surface area contributed by atoms with Gasteiger partial charge in [-0.2, -0.15) is 0 Å². The molecule has 0 amide bonds. The lowest BCUT2D eigenvalue weighted by Crippen LogP contribution is -2.85. The fraction of sp³-hybridized carbons (Fsp3) is 0.500. The van der Waals surface area contributed by atoms with Gasteiger partial charge in [0.2, 0.25) is 0 Å². The van der Waals surface area contributed by atoms with Crippen molar-refractivity contribution in [1.29, 1.82) is 0 Å². The molecule has 0 aliphatic rings. The Morgan fingerprint density at radius 2 is 2.05 bits per heavy atom. The van der Waals surface area contributed by atoms with Gasteiger partial charge in [-0.3, -0.25) is 9.36 Å². The van der Waals surface area contributed by atoms with Crippen LogP contribution in [0.25, 0.3) is 10.9 Å². The predicted octanol–water partition coefficient (Wildman–Crippen LogP) is 2.26. The van der Waals surface area contributed by atoms with E-state index in [2.05, 4.69) is 31.1 Å². The van der Waals surface area contributed by atoms with E-state index in [0.29, 0.717) is 21.8 Å². The average molecular weight is 309 g/mol. The summed E-state index contributed by atoms with van der Waals surface area (Å²) in [6.07, 6.45) is 1.15. The van der Waals surface area contributed by atoms with Gasteiger partial charge in [-0.05, 0) is 37.5 Å². The van der Waals surface area contributed by atoms with Gasteiger partial charge in [0.25, 0.3) is 5.56 Å². The summed E-state index contributed by atoms with van der Waals surface area (Å²) in [5, 5.41) is 3.45. The van der Waals surface area contributed by atoms with Crippen molar-refractivity contribution in [2.75, 3.05) is 6.54 Å². The number of quaternary nitrogens is 1. The van der Waals surface area contributed by atoms with Crippen molar-refractivity contribution in [3.8, 4) is 0 Å². The fourth-order valence-corrected chi connectivity index (χ4v) is 2.62. The highest BCUT2D eigenvalue weighted by Gasteiger charge is 2.17. The second-order valence-electron chi connectivity index (χ2n) is 5.99. The van der Waals surface area contributed by atoms with E-state index in [-0.39, 0.29) is 11.6 Å². The van der Waals surface area contributed by atoms with Gasteiger partial charge >= 0.3 is 0 Å². The molecule has 21 heavy (non-hydrogen) atoms. The topological polar surface area (TPSA) is 51.5 Å². The summed E-state index contributed by atoms with van der Waals surface area (Å²) in [7, 11) is 1.78. The molecule has 0 spiro atoms. The highest BCUT2D eigenvalue weighted by atomic mass is 35.5. The Hall–Kier alpha value is -1.39. The molecule has 0 saturated carbocycles. The van der Waals surface area contributed by atoms with Crippen molar-refractivity contribution in [3.05, 3.63) is 39.4 Å². The molecule has 1 aromatic carbocycles. The number of nitrogens with two attached hydrogens (primary N) is 1. The van der Waals surface area contributed by atoms with Crippen LogP contribution >= 0.6 is 11.6 Å². The van der Waals surface area contributed by atoms with E-state index >= 15 is 0 Å². The monoisotopic (exact) mass is 308 g/mol. The number of halogens is 1. The summed E-state index contributed by atoms with van der Waals surface area (Å²) in [5.74, 6) is 1.47. The van der Waals surface area contributed by atoms with Crippen LogP contribution < -0.4 is 10.9 Å². The minimum Gasteiger partial charge on any atom is -0.338 e. The maximum Gasteiger partial charge on any atom is 0.261 e. The van der Waals surface area contributed by atoms with Crippen LogP contribution in [0.3, 0.4) is 0 Å². The fourth-order valence-electron chi connectivity index (χ4n) is 2.45. The van der Waals surface area contributed by atoms with Crippen LogP contribution in [0.4, 0.5) is 0 Å². The van der Waals surface area contributed by atoms with Crippen molar-refractivity contribution >= 4 is 22.5 Å². The van der Waals surface area contributed by atoms with E-state index in [1.807, 2.05) is 0 Å². The van der Waals surface area contributed by atoms with Gasteiger partial charge in [-0.1, -0.05) is 25.4 Å². The first-order chi connectivity index (χ1) is 9.90. The van der Waals surface area contributed by atoms with Gasteiger partial charge in [0.05, 0.1) is 17.4 Å². The zero-order valence-electron chi connectivity index (χ0n) is 13.1. The Labute approximate surface area is 130 Å². The molecule has 0 fully saturated rings. The molecule has 4 nitrogen and oxygen atoms in total. The quantitative estimate of drug-likeness (QED) is 0.921. The van der Waals surface area contributed by atoms with Crippen LogP contribution in [0.2, 0.25) is 5.02 Å². The van der Waals surface area contributed by atoms with Gasteiger partial charge in [0.15, 0.2) is 5.82 Å². The van der Waals surface area contributed by atoms with E-state index in [0.717, 1.165) is 18.8 Å². The number of fused-ring (bicyclic) bond motifs is 1. The van der Waals surface area contributed by atoms with Crippen molar-refractivity contribution in [2.24, 2.45) is 13.0 Å². The van der Waals surface area contributed by atoms with Gasteiger partial charge in [0, 0.05) is 12.1 Å². The molecule has 5 heteroatoms. The molecule has 114 valence electrons. The van der Waals surface area contributed by atoms with Crippen LogP contribution in [-0.4, -0.2) is 16.1 Å². The largest absolute Gasteiger partial charge is 0.338 e. The molecule has 2 N–H and O–H groups in total. The number of hydrogen-bond donors (Lipinski definition) is 1. The third-order valence-electron chi connectivity index (χ3n) is 3.74. The lowest BCUT2D eigenvalue weighted by Gasteiger charge is -2.15. The first-order valence-corrected chi connectivity index (χ1v) is 7.77. The molecule has 1 atom stereocenters. The molecule has 0 aliphatic heterocycles. The SMILES string of the molecule is CC(C)CC[NH2+][C@H](C)c1nc2cc(Cl)ccc2c(=O)n1C. The third kappa shape index (κ3) is 3.63. The summed E-state index contributed by atoms with van der Waals surface area (Å²) >= 11 is 6.00. The normalized spacial score (nSPS) is 13.0. The van der Waals surface area contributed by atoms with Gasteiger partial charge in [-0.25, -0.2) is 4.98 Å². The second-order valence-corrected chi connectivity index (χ2v) is 6.43. The Kier molecular flexibility index (Phi) is 5.01. The standard InChI is InChI=1S/C16H22ClN3O/c1-10(2)7-8-18-11(3)15-19-14-9-12(17)5-6-13(14)16(21)20(15)4/h5-6,9-11,18H,7-8H2,1-4H3/p+1/t11-/m1/s1. The molecular formula is C16H23ClN3O+. The second kappa shape index (κ2) is 6.58. The molecule has 0 unspecified atom stereocenters. The summed E-state index contributed by atoms with van der Waals surface area (Å²) in [6, 6.07) is 5.36. The van der Waals surface area contributed by atoms with Crippen LogP contribution in [0, 0.1) is 5.92 Å². The smallest absolute Gasteiger partial charge is 0.261 e. The number of hydrogen-bond acceptors (Lipinski definition) is 2. The Balaban J connectivity index is 2.35. The Morgan fingerprint density at radius 1 is 1.33 bits per heavy atom. The van der Waals surface area contributed by atoms with Crippen molar-refractivity contribution < 1.29 is 5.32 Å². The Bertz CT molecular complexity index is 694. The molecule has 0 saturated heterocycles. The maximum absolute atomic E-state index is 12.4. The molecule has 1 heterocycles. The first kappa shape index (κ1) is 16.0. The van der Waals surface area contributed by atoms with E-state index in [9.17, 15) is 4.79 Å². The number of aromatic nitrogens is 2.